The van der Waals surface area contributed by atoms with Crippen LogP contribution in [0.3, 0.4) is 0 Å². The third-order valence-corrected chi connectivity index (χ3v) is 3.08. The molecule has 0 radical (unpaired) electrons. The predicted octanol–water partition coefficient (Wildman–Crippen LogP) is 2.58. The van der Waals surface area contributed by atoms with Crippen molar-refractivity contribution in [3.63, 3.8) is 0 Å². The Morgan fingerprint density at radius 1 is 1.14 bits per heavy atom. The van der Waals surface area contributed by atoms with Crippen LogP contribution in [0.5, 0.6) is 0 Å². The van der Waals surface area contributed by atoms with E-state index in [9.17, 15) is 10.2 Å². The van der Waals surface area contributed by atoms with E-state index in [4.69, 9.17) is 0 Å². The molecule has 0 aromatic heterocycles. The van der Waals surface area contributed by atoms with Crippen molar-refractivity contribution in [2.45, 2.75) is 66.1 Å². The molecule has 0 aromatic rings. The highest BCUT2D eigenvalue weighted by molar-refractivity contribution is 4.86. The Morgan fingerprint density at radius 3 is 2.00 bits per heavy atom. The molecule has 0 aromatic carbocycles. The van der Waals surface area contributed by atoms with Crippen LogP contribution >= 0.6 is 0 Å². The summed E-state index contributed by atoms with van der Waals surface area (Å²) in [5.74, 6) is 0.196. The summed E-state index contributed by atoms with van der Waals surface area (Å²) in [6, 6.07) is 0. The fourth-order valence-corrected chi connectivity index (χ4v) is 1.83. The lowest BCUT2D eigenvalue weighted by Gasteiger charge is -2.37. The van der Waals surface area contributed by atoms with Gasteiger partial charge in [0, 0.05) is 5.41 Å². The van der Waals surface area contributed by atoms with Crippen molar-refractivity contribution in [3.8, 4) is 0 Å². The molecular weight excluding hydrogens is 176 g/mol. The van der Waals surface area contributed by atoms with Gasteiger partial charge in [0.15, 0.2) is 0 Å². The van der Waals surface area contributed by atoms with Gasteiger partial charge in [-0.2, -0.15) is 0 Å². The van der Waals surface area contributed by atoms with Crippen LogP contribution in [0.1, 0.15) is 53.9 Å². The normalized spacial score (nSPS) is 17.1. The van der Waals surface area contributed by atoms with Crippen molar-refractivity contribution < 1.29 is 10.2 Å². The van der Waals surface area contributed by atoms with Crippen molar-refractivity contribution in [2.75, 3.05) is 0 Å². The van der Waals surface area contributed by atoms with E-state index in [1.54, 1.807) is 0 Å². The Morgan fingerprint density at radius 2 is 1.64 bits per heavy atom. The largest absolute Gasteiger partial charge is 0.392 e. The summed E-state index contributed by atoms with van der Waals surface area (Å²) in [6.07, 6.45) is 2.06. The Hall–Kier alpha value is -0.0800. The second-order valence-corrected chi connectivity index (χ2v) is 5.17. The third-order valence-electron chi connectivity index (χ3n) is 3.08. The molecule has 0 aliphatic rings. The first-order valence-corrected chi connectivity index (χ1v) is 5.70. The Balaban J connectivity index is 4.27. The molecule has 2 nitrogen and oxygen atoms in total. The summed E-state index contributed by atoms with van der Waals surface area (Å²) in [4.78, 5) is 0. The maximum Gasteiger partial charge on any atom is 0.0638 e. The smallest absolute Gasteiger partial charge is 0.0638 e. The monoisotopic (exact) mass is 202 g/mol. The Labute approximate surface area is 88.3 Å². The average molecular weight is 202 g/mol. The minimum Gasteiger partial charge on any atom is -0.392 e. The van der Waals surface area contributed by atoms with Crippen molar-refractivity contribution in [2.24, 2.45) is 11.3 Å². The minimum absolute atomic E-state index is 0.196. The zero-order chi connectivity index (χ0) is 11.4. The molecule has 86 valence electrons. The SMILES string of the molecule is CCCCC(O)C(C)(C)C(O)C(C)C. The van der Waals surface area contributed by atoms with Crippen LogP contribution < -0.4 is 0 Å². The van der Waals surface area contributed by atoms with E-state index in [1.807, 2.05) is 27.7 Å². The van der Waals surface area contributed by atoms with Gasteiger partial charge in [0.25, 0.3) is 0 Å². The zero-order valence-corrected chi connectivity index (χ0v) is 10.2. The lowest BCUT2D eigenvalue weighted by molar-refractivity contribution is -0.0708. The molecule has 2 atom stereocenters. The van der Waals surface area contributed by atoms with Gasteiger partial charge in [-0.25, -0.2) is 0 Å². The standard InChI is InChI=1S/C12H26O2/c1-6-7-8-10(13)12(4,5)11(14)9(2)3/h9-11,13-14H,6-8H2,1-5H3. The molecule has 14 heavy (non-hydrogen) atoms. The van der Waals surface area contributed by atoms with Gasteiger partial charge in [-0.05, 0) is 12.3 Å². The van der Waals surface area contributed by atoms with Crippen LogP contribution in [0.4, 0.5) is 0 Å². The lowest BCUT2D eigenvalue weighted by atomic mass is 9.75. The van der Waals surface area contributed by atoms with Crippen LogP contribution in [0.25, 0.3) is 0 Å². The van der Waals surface area contributed by atoms with Gasteiger partial charge in [-0.1, -0.05) is 47.5 Å². The first-order valence-electron chi connectivity index (χ1n) is 5.70. The molecule has 2 heteroatoms. The van der Waals surface area contributed by atoms with E-state index in [0.29, 0.717) is 0 Å². The second kappa shape index (κ2) is 5.72. The molecule has 0 bridgehead atoms. The first kappa shape index (κ1) is 13.9. The van der Waals surface area contributed by atoms with Gasteiger partial charge in [-0.3, -0.25) is 0 Å². The number of hydrogen-bond donors (Lipinski definition) is 2. The quantitative estimate of drug-likeness (QED) is 0.695. The molecule has 2 N–H and O–H groups in total. The van der Waals surface area contributed by atoms with Crippen molar-refractivity contribution in [1.29, 1.82) is 0 Å². The number of unbranched alkanes of at least 4 members (excludes halogenated alkanes) is 1. The summed E-state index contributed by atoms with van der Waals surface area (Å²) >= 11 is 0. The molecule has 2 unspecified atom stereocenters. The molecule has 0 fully saturated rings. The summed E-state index contributed by atoms with van der Waals surface area (Å²) in [7, 11) is 0. The van der Waals surface area contributed by atoms with Crippen LogP contribution in [0.2, 0.25) is 0 Å². The fourth-order valence-electron chi connectivity index (χ4n) is 1.83. The number of aliphatic hydroxyl groups is 2. The van der Waals surface area contributed by atoms with Gasteiger partial charge in [-0.15, -0.1) is 0 Å². The van der Waals surface area contributed by atoms with Crippen LogP contribution in [0, 0.1) is 11.3 Å². The molecule has 0 spiro atoms. The molecule has 0 aliphatic heterocycles. The Kier molecular flexibility index (Phi) is 5.68. The van der Waals surface area contributed by atoms with E-state index in [0.717, 1.165) is 19.3 Å². The fraction of sp³-hybridized carbons (Fsp3) is 1.00. The van der Waals surface area contributed by atoms with Gasteiger partial charge < -0.3 is 10.2 Å². The molecule has 0 aliphatic carbocycles. The van der Waals surface area contributed by atoms with E-state index >= 15 is 0 Å². The van der Waals surface area contributed by atoms with Gasteiger partial charge in [0.05, 0.1) is 12.2 Å². The summed E-state index contributed by atoms with van der Waals surface area (Å²) < 4.78 is 0. The van der Waals surface area contributed by atoms with E-state index in [-0.39, 0.29) is 5.92 Å². The summed E-state index contributed by atoms with van der Waals surface area (Å²) in [5.41, 5.74) is -0.399. The molecular formula is C12H26O2. The number of rotatable bonds is 6. The van der Waals surface area contributed by atoms with E-state index in [2.05, 4.69) is 6.92 Å². The average Bonchev–Trinajstić information content (AvgIpc) is 2.12. The van der Waals surface area contributed by atoms with Crippen LogP contribution in [0.15, 0.2) is 0 Å². The highest BCUT2D eigenvalue weighted by Crippen LogP contribution is 2.32. The molecule has 0 heterocycles. The van der Waals surface area contributed by atoms with E-state index < -0.39 is 17.6 Å². The van der Waals surface area contributed by atoms with Gasteiger partial charge in [0.2, 0.25) is 0 Å². The molecule has 0 saturated heterocycles. The first-order chi connectivity index (χ1) is 6.34. The number of hydrogen-bond acceptors (Lipinski definition) is 2. The highest BCUT2D eigenvalue weighted by Gasteiger charge is 2.36. The molecule has 0 amide bonds. The Bertz CT molecular complexity index is 152. The zero-order valence-electron chi connectivity index (χ0n) is 10.2. The van der Waals surface area contributed by atoms with Crippen LogP contribution in [-0.2, 0) is 0 Å². The maximum atomic E-state index is 9.97. The maximum absolute atomic E-state index is 9.97. The highest BCUT2D eigenvalue weighted by atomic mass is 16.3. The second-order valence-electron chi connectivity index (χ2n) is 5.17. The summed E-state index contributed by atoms with van der Waals surface area (Å²) in [5, 5.41) is 19.9. The van der Waals surface area contributed by atoms with Crippen molar-refractivity contribution >= 4 is 0 Å². The topological polar surface area (TPSA) is 40.5 Å². The van der Waals surface area contributed by atoms with Gasteiger partial charge in [0.1, 0.15) is 0 Å². The summed E-state index contributed by atoms with van der Waals surface area (Å²) in [6.45, 7) is 9.96. The van der Waals surface area contributed by atoms with Crippen molar-refractivity contribution in [3.05, 3.63) is 0 Å². The third kappa shape index (κ3) is 3.58. The molecule has 0 saturated carbocycles. The predicted molar refractivity (Wildman–Crippen MR) is 60.2 cm³/mol. The minimum atomic E-state index is -0.436. The molecule has 0 rings (SSSR count). The number of aliphatic hydroxyl groups excluding tert-OH is 2. The van der Waals surface area contributed by atoms with E-state index in [1.165, 1.54) is 0 Å². The van der Waals surface area contributed by atoms with Crippen LogP contribution in [-0.4, -0.2) is 22.4 Å². The lowest BCUT2D eigenvalue weighted by Crippen LogP contribution is -2.43. The van der Waals surface area contributed by atoms with Gasteiger partial charge >= 0.3 is 0 Å². The van der Waals surface area contributed by atoms with Crippen molar-refractivity contribution in [1.82, 2.24) is 0 Å².